The van der Waals surface area contributed by atoms with Crippen molar-refractivity contribution in [2.45, 2.75) is 20.3 Å². The first-order valence-electron chi connectivity index (χ1n) is 9.16. The first kappa shape index (κ1) is 18.2. The van der Waals surface area contributed by atoms with E-state index in [1.54, 1.807) is 0 Å². The minimum Gasteiger partial charge on any atom is -0.469 e. The Bertz CT molecular complexity index is 752. The van der Waals surface area contributed by atoms with Crippen molar-refractivity contribution >= 4 is 17.6 Å². The lowest BCUT2D eigenvalue weighted by molar-refractivity contribution is -0.145. The largest absolute Gasteiger partial charge is 0.469 e. The molecule has 3 heterocycles. The molecule has 2 atom stereocenters. The lowest BCUT2D eigenvalue weighted by Crippen LogP contribution is -2.40. The zero-order valence-electron chi connectivity index (χ0n) is 15.7. The van der Waals surface area contributed by atoms with Crippen molar-refractivity contribution in [2.24, 2.45) is 16.8 Å². The van der Waals surface area contributed by atoms with Crippen LogP contribution in [0, 0.1) is 11.8 Å². The minimum absolute atomic E-state index is 0.0951. The summed E-state index contributed by atoms with van der Waals surface area (Å²) in [7, 11) is 1.45. The number of pyridine rings is 1. The van der Waals surface area contributed by atoms with E-state index in [1.165, 1.54) is 7.11 Å². The monoisotopic (exact) mass is 357 g/mol. The summed E-state index contributed by atoms with van der Waals surface area (Å²) in [6.45, 7) is 7.03. The smallest absolute Gasteiger partial charge is 0.310 e. The van der Waals surface area contributed by atoms with Crippen LogP contribution in [0.1, 0.15) is 19.5 Å². The highest BCUT2D eigenvalue weighted by molar-refractivity contribution is 5.82. The van der Waals surface area contributed by atoms with Gasteiger partial charge in [0.05, 0.1) is 18.7 Å². The van der Waals surface area contributed by atoms with Crippen LogP contribution in [0.15, 0.2) is 35.6 Å². The molecule has 140 valence electrons. The van der Waals surface area contributed by atoms with Crippen molar-refractivity contribution in [2.75, 3.05) is 33.3 Å². The highest BCUT2D eigenvalue weighted by Gasteiger charge is 2.36. The van der Waals surface area contributed by atoms with Gasteiger partial charge in [-0.3, -0.25) is 9.79 Å². The van der Waals surface area contributed by atoms with Crippen LogP contribution in [0.25, 0.3) is 5.65 Å². The number of guanidine groups is 1. The van der Waals surface area contributed by atoms with Gasteiger partial charge in [0.25, 0.3) is 0 Å². The standard InChI is InChI=1S/C19H27N5O2/c1-4-20-19(24-11-14(2)16(13-24)18(25)26-3)21-9-8-15-12-23-10-6-5-7-17(23)22-15/h5-7,10,12,14,16H,4,8-9,11,13H2,1-3H3,(H,20,21). The molecule has 0 radical (unpaired) electrons. The van der Waals surface area contributed by atoms with Crippen molar-refractivity contribution in [3.05, 3.63) is 36.3 Å². The van der Waals surface area contributed by atoms with Gasteiger partial charge in [0.2, 0.25) is 0 Å². The maximum absolute atomic E-state index is 11.9. The maximum atomic E-state index is 11.9. The molecule has 7 nitrogen and oxygen atoms in total. The summed E-state index contributed by atoms with van der Waals surface area (Å²) < 4.78 is 6.95. The lowest BCUT2D eigenvalue weighted by atomic mass is 9.99. The fourth-order valence-electron chi connectivity index (χ4n) is 3.41. The van der Waals surface area contributed by atoms with Crippen molar-refractivity contribution in [3.63, 3.8) is 0 Å². The molecule has 1 fully saturated rings. The molecule has 0 amide bonds. The fraction of sp³-hybridized carbons (Fsp3) is 0.526. The molecular weight excluding hydrogens is 330 g/mol. The van der Waals surface area contributed by atoms with Crippen LogP contribution >= 0.6 is 0 Å². The number of nitrogens with one attached hydrogen (secondary N) is 1. The number of fused-ring (bicyclic) bond motifs is 1. The Balaban J connectivity index is 1.64. The van der Waals surface area contributed by atoms with E-state index in [4.69, 9.17) is 9.73 Å². The Morgan fingerprint density at radius 3 is 3.00 bits per heavy atom. The number of aromatic nitrogens is 2. The van der Waals surface area contributed by atoms with Gasteiger partial charge >= 0.3 is 5.97 Å². The molecule has 3 rings (SSSR count). The van der Waals surface area contributed by atoms with E-state index in [2.05, 4.69) is 29.0 Å². The highest BCUT2D eigenvalue weighted by Crippen LogP contribution is 2.24. The first-order chi connectivity index (χ1) is 12.6. The number of likely N-dealkylation sites (tertiary alicyclic amines) is 1. The second-order valence-electron chi connectivity index (χ2n) is 6.70. The number of hydrogen-bond donors (Lipinski definition) is 1. The fourth-order valence-corrected chi connectivity index (χ4v) is 3.41. The summed E-state index contributed by atoms with van der Waals surface area (Å²) in [5.74, 6) is 0.877. The van der Waals surface area contributed by atoms with Crippen molar-refractivity contribution in [1.29, 1.82) is 0 Å². The van der Waals surface area contributed by atoms with Crippen molar-refractivity contribution in [3.8, 4) is 0 Å². The van der Waals surface area contributed by atoms with Gasteiger partial charge in [0.15, 0.2) is 5.96 Å². The third-order valence-corrected chi connectivity index (χ3v) is 4.79. The Labute approximate surface area is 154 Å². The molecule has 0 saturated carbocycles. The molecule has 0 bridgehead atoms. The van der Waals surface area contributed by atoms with E-state index in [0.717, 1.165) is 36.8 Å². The molecule has 1 N–H and O–H groups in total. The molecule has 0 aromatic carbocycles. The first-order valence-corrected chi connectivity index (χ1v) is 9.16. The van der Waals surface area contributed by atoms with Crippen LogP contribution in [0.4, 0.5) is 0 Å². The second kappa shape index (κ2) is 8.21. The van der Waals surface area contributed by atoms with Gasteiger partial charge in [-0.25, -0.2) is 4.98 Å². The predicted molar refractivity (Wildman–Crippen MR) is 101 cm³/mol. The molecule has 2 aromatic rings. The average Bonchev–Trinajstić information content (AvgIpc) is 3.23. The van der Waals surface area contributed by atoms with Gasteiger partial charge in [0, 0.05) is 45.0 Å². The summed E-state index contributed by atoms with van der Waals surface area (Å²) in [5, 5.41) is 3.33. The Kier molecular flexibility index (Phi) is 5.75. The quantitative estimate of drug-likeness (QED) is 0.500. The van der Waals surface area contributed by atoms with Crippen LogP contribution < -0.4 is 5.32 Å². The summed E-state index contributed by atoms with van der Waals surface area (Å²) >= 11 is 0. The molecule has 2 unspecified atom stereocenters. The van der Waals surface area contributed by atoms with Gasteiger partial charge in [-0.05, 0) is 25.0 Å². The van der Waals surface area contributed by atoms with E-state index in [0.29, 0.717) is 13.1 Å². The normalized spacial score (nSPS) is 20.6. The minimum atomic E-state index is -0.138. The average molecular weight is 357 g/mol. The van der Waals surface area contributed by atoms with E-state index in [9.17, 15) is 4.79 Å². The number of esters is 1. The molecule has 0 aliphatic carbocycles. The SMILES string of the molecule is CCNC(=NCCc1cn2ccccc2n1)N1CC(C)C(C(=O)OC)C1. The predicted octanol–water partition coefficient (Wildman–Crippen LogP) is 1.58. The van der Waals surface area contributed by atoms with Crippen LogP contribution in [-0.2, 0) is 16.0 Å². The Morgan fingerprint density at radius 1 is 1.42 bits per heavy atom. The number of methoxy groups -OCH3 is 1. The summed E-state index contributed by atoms with van der Waals surface area (Å²) in [6, 6.07) is 5.97. The molecular formula is C19H27N5O2. The molecule has 1 saturated heterocycles. The molecule has 7 heteroatoms. The molecule has 1 aliphatic rings. The van der Waals surface area contributed by atoms with E-state index in [1.807, 2.05) is 35.0 Å². The molecule has 0 spiro atoms. The number of aliphatic imine (C=N–C) groups is 1. The van der Waals surface area contributed by atoms with Gasteiger partial charge in [-0.1, -0.05) is 13.0 Å². The number of carbonyl (C=O) groups excluding carboxylic acids is 1. The molecule has 1 aliphatic heterocycles. The van der Waals surface area contributed by atoms with E-state index in [-0.39, 0.29) is 17.8 Å². The van der Waals surface area contributed by atoms with Crippen LogP contribution in [0.2, 0.25) is 0 Å². The number of rotatable bonds is 5. The summed E-state index contributed by atoms with van der Waals surface area (Å²) in [6.07, 6.45) is 4.82. The number of hydrogen-bond acceptors (Lipinski definition) is 4. The zero-order chi connectivity index (χ0) is 18.5. The second-order valence-corrected chi connectivity index (χ2v) is 6.70. The van der Waals surface area contributed by atoms with Gasteiger partial charge < -0.3 is 19.4 Å². The van der Waals surface area contributed by atoms with Crippen LogP contribution in [0.3, 0.4) is 0 Å². The van der Waals surface area contributed by atoms with Gasteiger partial charge in [-0.2, -0.15) is 0 Å². The van der Waals surface area contributed by atoms with Gasteiger partial charge in [0.1, 0.15) is 5.65 Å². The van der Waals surface area contributed by atoms with E-state index >= 15 is 0 Å². The van der Waals surface area contributed by atoms with Crippen LogP contribution in [-0.4, -0.2) is 59.5 Å². The van der Waals surface area contributed by atoms with Gasteiger partial charge in [-0.15, -0.1) is 0 Å². The Hall–Kier alpha value is -2.57. The van der Waals surface area contributed by atoms with E-state index < -0.39 is 0 Å². The number of nitrogens with zero attached hydrogens (tertiary/aromatic N) is 4. The number of imidazole rings is 1. The maximum Gasteiger partial charge on any atom is 0.310 e. The third kappa shape index (κ3) is 3.98. The van der Waals surface area contributed by atoms with Crippen molar-refractivity contribution < 1.29 is 9.53 Å². The highest BCUT2D eigenvalue weighted by atomic mass is 16.5. The zero-order valence-corrected chi connectivity index (χ0v) is 15.7. The number of ether oxygens (including phenoxy) is 1. The topological polar surface area (TPSA) is 71.2 Å². The third-order valence-electron chi connectivity index (χ3n) is 4.79. The van der Waals surface area contributed by atoms with Crippen LogP contribution in [0.5, 0.6) is 0 Å². The summed E-state index contributed by atoms with van der Waals surface area (Å²) in [5.41, 5.74) is 1.98. The Morgan fingerprint density at radius 2 is 2.27 bits per heavy atom. The van der Waals surface area contributed by atoms with Crippen molar-refractivity contribution in [1.82, 2.24) is 19.6 Å². The molecule has 26 heavy (non-hydrogen) atoms. The molecule has 2 aromatic heterocycles. The summed E-state index contributed by atoms with van der Waals surface area (Å²) in [4.78, 5) is 23.4. The lowest BCUT2D eigenvalue weighted by Gasteiger charge is -2.21. The number of carbonyl (C=O) groups is 1.